The van der Waals surface area contributed by atoms with Crippen molar-refractivity contribution in [3.05, 3.63) is 23.8 Å². The van der Waals surface area contributed by atoms with Crippen molar-refractivity contribution >= 4 is 15.5 Å². The van der Waals surface area contributed by atoms with Gasteiger partial charge in [-0.3, -0.25) is 0 Å². The number of rotatable bonds is 3. The number of fused-ring (bicyclic) bond motifs is 1. The van der Waals surface area contributed by atoms with Gasteiger partial charge in [0.1, 0.15) is 0 Å². The number of anilines is 1. The Morgan fingerprint density at radius 3 is 2.78 bits per heavy atom. The zero-order chi connectivity index (χ0) is 13.3. The Balaban J connectivity index is 2.59. The van der Waals surface area contributed by atoms with Crippen LogP contribution in [0.3, 0.4) is 0 Å². The Labute approximate surface area is 109 Å². The first-order valence-electron chi connectivity index (χ1n) is 6.23. The second-order valence-electron chi connectivity index (χ2n) is 4.72. The molecule has 0 spiro atoms. The van der Waals surface area contributed by atoms with Crippen molar-refractivity contribution in [1.29, 1.82) is 0 Å². The third-order valence-corrected chi connectivity index (χ3v) is 5.37. The van der Waals surface area contributed by atoms with Crippen LogP contribution in [0, 0.1) is 0 Å². The first-order chi connectivity index (χ1) is 8.51. The maximum absolute atomic E-state index is 12.3. The Morgan fingerprint density at radius 1 is 1.44 bits per heavy atom. The molecule has 1 aromatic rings. The van der Waals surface area contributed by atoms with Gasteiger partial charge in [-0.2, -0.15) is 0 Å². The lowest BCUT2D eigenvalue weighted by Crippen LogP contribution is -2.47. The van der Waals surface area contributed by atoms with Crippen molar-refractivity contribution in [1.82, 2.24) is 5.32 Å². The molecule has 2 rings (SSSR count). The summed E-state index contributed by atoms with van der Waals surface area (Å²) in [5.41, 5.74) is 1.98. The molecule has 18 heavy (non-hydrogen) atoms. The van der Waals surface area contributed by atoms with Crippen LogP contribution in [0.4, 0.5) is 5.69 Å². The summed E-state index contributed by atoms with van der Waals surface area (Å²) in [6, 6.07) is 5.56. The molecule has 1 unspecified atom stereocenters. The van der Waals surface area contributed by atoms with E-state index in [0.717, 1.165) is 17.7 Å². The molecule has 1 aliphatic heterocycles. The molecular formula is C13H20N2O2S. The van der Waals surface area contributed by atoms with E-state index < -0.39 is 9.84 Å². The van der Waals surface area contributed by atoms with E-state index >= 15 is 0 Å². The van der Waals surface area contributed by atoms with Gasteiger partial charge in [0.15, 0.2) is 9.84 Å². The molecule has 5 heteroatoms. The fourth-order valence-corrected chi connectivity index (χ4v) is 4.46. The van der Waals surface area contributed by atoms with E-state index in [0.29, 0.717) is 11.4 Å². The van der Waals surface area contributed by atoms with E-state index in [1.54, 1.807) is 6.07 Å². The highest BCUT2D eigenvalue weighted by molar-refractivity contribution is 7.91. The monoisotopic (exact) mass is 268 g/mol. The molecule has 1 atom stereocenters. The molecule has 0 fully saturated rings. The molecule has 1 N–H and O–H groups in total. The number of nitrogens with zero attached hydrogens (tertiary/aromatic N) is 1. The van der Waals surface area contributed by atoms with E-state index in [2.05, 4.69) is 17.1 Å². The van der Waals surface area contributed by atoms with Crippen molar-refractivity contribution in [3.63, 3.8) is 0 Å². The topological polar surface area (TPSA) is 49.4 Å². The summed E-state index contributed by atoms with van der Waals surface area (Å²) in [7, 11) is 0.669. The highest BCUT2D eigenvalue weighted by atomic mass is 32.2. The van der Waals surface area contributed by atoms with Gasteiger partial charge in [0.25, 0.3) is 0 Å². The van der Waals surface area contributed by atoms with Crippen molar-refractivity contribution in [2.45, 2.75) is 24.3 Å². The van der Waals surface area contributed by atoms with Crippen LogP contribution in [0.25, 0.3) is 0 Å². The minimum absolute atomic E-state index is 0.000185. The van der Waals surface area contributed by atoms with Crippen LogP contribution in [-0.4, -0.2) is 40.9 Å². The van der Waals surface area contributed by atoms with E-state index in [4.69, 9.17) is 0 Å². The number of likely N-dealkylation sites (N-methyl/N-ethyl adjacent to an activating group) is 2. The van der Waals surface area contributed by atoms with Gasteiger partial charge in [-0.1, -0.05) is 19.1 Å². The van der Waals surface area contributed by atoms with Gasteiger partial charge in [0.05, 0.1) is 22.4 Å². The van der Waals surface area contributed by atoms with Crippen LogP contribution in [0.15, 0.2) is 23.1 Å². The normalized spacial score (nSPS) is 21.7. The summed E-state index contributed by atoms with van der Waals surface area (Å²) in [5.74, 6) is 0.185. The number of hydrogen-bond acceptors (Lipinski definition) is 4. The average Bonchev–Trinajstić information content (AvgIpc) is 2.35. The van der Waals surface area contributed by atoms with Crippen molar-refractivity contribution in [3.8, 4) is 0 Å². The molecule has 0 amide bonds. The Kier molecular flexibility index (Phi) is 3.64. The zero-order valence-corrected chi connectivity index (χ0v) is 11.9. The van der Waals surface area contributed by atoms with Gasteiger partial charge in [-0.05, 0) is 25.1 Å². The lowest BCUT2D eigenvalue weighted by molar-refractivity contribution is 0.560. The van der Waals surface area contributed by atoms with E-state index in [-0.39, 0.29) is 11.8 Å². The summed E-state index contributed by atoms with van der Waals surface area (Å²) in [6.07, 6.45) is 0.843. The number of benzene rings is 1. The molecule has 0 saturated heterocycles. The molecule has 100 valence electrons. The number of para-hydroxylation sites is 1. The van der Waals surface area contributed by atoms with Crippen molar-refractivity contribution in [2.75, 3.05) is 31.3 Å². The maximum atomic E-state index is 12.3. The van der Waals surface area contributed by atoms with Gasteiger partial charge >= 0.3 is 0 Å². The second kappa shape index (κ2) is 4.90. The Hall–Kier alpha value is -1.07. The van der Waals surface area contributed by atoms with Crippen LogP contribution in [0.2, 0.25) is 0 Å². The lowest BCUT2D eigenvalue weighted by atomic mass is 10.1. The molecular weight excluding hydrogens is 248 g/mol. The lowest BCUT2D eigenvalue weighted by Gasteiger charge is -2.37. The van der Waals surface area contributed by atoms with E-state index in [9.17, 15) is 8.42 Å². The minimum Gasteiger partial charge on any atom is -0.368 e. The Morgan fingerprint density at radius 2 is 2.17 bits per heavy atom. The van der Waals surface area contributed by atoms with Gasteiger partial charge in [-0.15, -0.1) is 0 Å². The molecule has 0 aliphatic carbocycles. The van der Waals surface area contributed by atoms with Gasteiger partial charge in [0.2, 0.25) is 0 Å². The van der Waals surface area contributed by atoms with Gasteiger partial charge in [0, 0.05) is 13.6 Å². The van der Waals surface area contributed by atoms with Crippen molar-refractivity contribution < 1.29 is 8.42 Å². The van der Waals surface area contributed by atoms with Crippen LogP contribution in [0.5, 0.6) is 0 Å². The maximum Gasteiger partial charge on any atom is 0.182 e. The number of nitrogens with one attached hydrogen (secondary N) is 1. The van der Waals surface area contributed by atoms with Gasteiger partial charge in [-0.25, -0.2) is 8.42 Å². The third-order valence-electron chi connectivity index (χ3n) is 3.55. The molecule has 0 radical (unpaired) electrons. The van der Waals surface area contributed by atoms with Gasteiger partial charge < -0.3 is 10.2 Å². The third kappa shape index (κ3) is 2.12. The van der Waals surface area contributed by atoms with E-state index in [1.807, 2.05) is 26.2 Å². The summed E-state index contributed by atoms with van der Waals surface area (Å²) in [6.45, 7) is 2.73. The minimum atomic E-state index is -3.16. The first-order valence-corrected chi connectivity index (χ1v) is 7.88. The highest BCUT2D eigenvalue weighted by Crippen LogP contribution is 2.35. The number of sulfone groups is 1. The fourth-order valence-electron chi connectivity index (χ4n) is 2.57. The predicted molar refractivity (Wildman–Crippen MR) is 74.0 cm³/mol. The van der Waals surface area contributed by atoms with Crippen LogP contribution in [-0.2, 0) is 16.3 Å². The predicted octanol–water partition coefficient (Wildman–Crippen LogP) is 1.06. The number of aryl methyl sites for hydroxylation is 1. The average molecular weight is 268 g/mol. The standard InChI is InChI=1S/C13H20N2O2S/c1-4-10-6-5-7-12-13(10)15(3)11(8-14-2)9-18(12,16)17/h5-7,11,14H,4,8-9H2,1-3H3. The summed E-state index contributed by atoms with van der Waals surface area (Å²) in [4.78, 5) is 2.59. The van der Waals surface area contributed by atoms with Crippen LogP contribution < -0.4 is 10.2 Å². The molecule has 1 aromatic carbocycles. The molecule has 1 aliphatic rings. The quantitative estimate of drug-likeness (QED) is 0.890. The molecule has 1 heterocycles. The smallest absolute Gasteiger partial charge is 0.182 e. The summed E-state index contributed by atoms with van der Waals surface area (Å²) >= 11 is 0. The van der Waals surface area contributed by atoms with Crippen LogP contribution >= 0.6 is 0 Å². The largest absolute Gasteiger partial charge is 0.368 e. The number of hydrogen-bond donors (Lipinski definition) is 1. The highest BCUT2D eigenvalue weighted by Gasteiger charge is 2.34. The SMILES string of the molecule is CCc1cccc2c1N(C)C(CNC)CS2(=O)=O. The van der Waals surface area contributed by atoms with E-state index in [1.165, 1.54) is 0 Å². The van der Waals surface area contributed by atoms with Crippen LogP contribution in [0.1, 0.15) is 12.5 Å². The molecule has 0 aromatic heterocycles. The summed E-state index contributed by atoms with van der Waals surface area (Å²) < 4.78 is 24.6. The Bertz CT molecular complexity index is 540. The fraction of sp³-hybridized carbons (Fsp3) is 0.538. The molecule has 4 nitrogen and oxygen atoms in total. The second-order valence-corrected chi connectivity index (χ2v) is 6.72. The van der Waals surface area contributed by atoms with Crippen molar-refractivity contribution in [2.24, 2.45) is 0 Å². The zero-order valence-electron chi connectivity index (χ0n) is 11.1. The molecule has 0 bridgehead atoms. The first kappa shape index (κ1) is 13.4. The summed E-state index contributed by atoms with van der Waals surface area (Å²) in [5, 5.41) is 3.07. The molecule has 0 saturated carbocycles.